The number of rotatable bonds is 3. The first kappa shape index (κ1) is 19.2. The van der Waals surface area contributed by atoms with Gasteiger partial charge in [0.25, 0.3) is 5.91 Å². The van der Waals surface area contributed by atoms with Crippen LogP contribution in [0.4, 0.5) is 4.39 Å². The first-order valence-electron chi connectivity index (χ1n) is 10.1. The van der Waals surface area contributed by atoms with Gasteiger partial charge in [-0.05, 0) is 30.2 Å². The zero-order valence-corrected chi connectivity index (χ0v) is 17.2. The van der Waals surface area contributed by atoms with Crippen LogP contribution in [-0.4, -0.2) is 42.1 Å². The molecule has 0 saturated heterocycles. The summed E-state index contributed by atoms with van der Waals surface area (Å²) in [6.07, 6.45) is 3.26. The van der Waals surface area contributed by atoms with Gasteiger partial charge >= 0.3 is 0 Å². The highest BCUT2D eigenvalue weighted by atomic mass is 19.1. The van der Waals surface area contributed by atoms with Crippen LogP contribution in [0.25, 0.3) is 5.69 Å². The fraction of sp³-hybridized carbons (Fsp3) is 0.217. The smallest absolute Gasteiger partial charge is 0.276 e. The van der Waals surface area contributed by atoms with Crippen LogP contribution in [0.1, 0.15) is 38.8 Å². The third kappa shape index (κ3) is 3.30. The standard InChI is InChI=1S/C23H21FN6O/c1-15-18(11-25-28(15)2)19-14-29(13-16-7-3-4-8-17(16)19)23(31)21-12-26-30(27-21)22-10-6-5-9-20(22)24/h3-12,19H,13-14H2,1-2H3. The van der Waals surface area contributed by atoms with Gasteiger partial charge in [0.1, 0.15) is 5.69 Å². The van der Waals surface area contributed by atoms with Gasteiger partial charge < -0.3 is 4.90 Å². The van der Waals surface area contributed by atoms with Crippen molar-refractivity contribution in [1.82, 2.24) is 29.7 Å². The summed E-state index contributed by atoms with van der Waals surface area (Å²) < 4.78 is 15.9. The van der Waals surface area contributed by atoms with E-state index in [-0.39, 0.29) is 23.2 Å². The predicted molar refractivity (Wildman–Crippen MR) is 112 cm³/mol. The van der Waals surface area contributed by atoms with Gasteiger partial charge in [-0.3, -0.25) is 9.48 Å². The van der Waals surface area contributed by atoms with E-state index in [0.29, 0.717) is 13.1 Å². The number of amides is 1. The summed E-state index contributed by atoms with van der Waals surface area (Å²) in [6, 6.07) is 14.4. The number of para-hydroxylation sites is 1. The molecular weight excluding hydrogens is 395 g/mol. The maximum Gasteiger partial charge on any atom is 0.276 e. The van der Waals surface area contributed by atoms with Crippen LogP contribution in [0, 0.1) is 12.7 Å². The second-order valence-electron chi connectivity index (χ2n) is 7.72. The molecule has 0 aliphatic carbocycles. The Morgan fingerprint density at radius 1 is 1.03 bits per heavy atom. The molecule has 8 heteroatoms. The number of nitrogens with zero attached hydrogens (tertiary/aromatic N) is 6. The third-order valence-corrected chi connectivity index (χ3v) is 5.91. The summed E-state index contributed by atoms with van der Waals surface area (Å²) in [6.45, 7) is 3.03. The molecule has 0 bridgehead atoms. The molecule has 5 rings (SSSR count). The van der Waals surface area contributed by atoms with Gasteiger partial charge in [0, 0.05) is 37.3 Å². The quantitative estimate of drug-likeness (QED) is 0.514. The molecule has 4 aromatic rings. The molecule has 31 heavy (non-hydrogen) atoms. The van der Waals surface area contributed by atoms with Crippen molar-refractivity contribution in [3.63, 3.8) is 0 Å². The molecule has 3 heterocycles. The van der Waals surface area contributed by atoms with Crippen molar-refractivity contribution in [1.29, 1.82) is 0 Å². The average molecular weight is 416 g/mol. The van der Waals surface area contributed by atoms with Crippen molar-refractivity contribution < 1.29 is 9.18 Å². The number of benzene rings is 2. The Morgan fingerprint density at radius 3 is 2.58 bits per heavy atom. The predicted octanol–water partition coefficient (Wildman–Crippen LogP) is 3.24. The fourth-order valence-electron chi connectivity index (χ4n) is 4.14. The van der Waals surface area contributed by atoms with E-state index in [1.807, 2.05) is 43.0 Å². The minimum atomic E-state index is -0.448. The van der Waals surface area contributed by atoms with E-state index >= 15 is 0 Å². The van der Waals surface area contributed by atoms with Crippen molar-refractivity contribution in [3.8, 4) is 5.69 Å². The fourth-order valence-corrected chi connectivity index (χ4v) is 4.14. The van der Waals surface area contributed by atoms with Crippen LogP contribution in [0.3, 0.4) is 0 Å². The Hall–Kier alpha value is -3.81. The number of fused-ring (bicyclic) bond motifs is 1. The molecule has 2 aromatic carbocycles. The first-order valence-corrected chi connectivity index (χ1v) is 10.1. The molecule has 0 fully saturated rings. The molecule has 1 atom stereocenters. The maximum atomic E-state index is 14.1. The maximum absolute atomic E-state index is 14.1. The van der Waals surface area contributed by atoms with E-state index in [1.54, 1.807) is 23.1 Å². The van der Waals surface area contributed by atoms with Crippen molar-refractivity contribution in [2.45, 2.75) is 19.4 Å². The summed E-state index contributed by atoms with van der Waals surface area (Å²) >= 11 is 0. The third-order valence-electron chi connectivity index (χ3n) is 5.91. The molecule has 1 amide bonds. The molecule has 1 unspecified atom stereocenters. The lowest BCUT2D eigenvalue weighted by molar-refractivity contribution is 0.0718. The second-order valence-corrected chi connectivity index (χ2v) is 7.72. The van der Waals surface area contributed by atoms with Gasteiger partial charge in [-0.1, -0.05) is 36.4 Å². The molecule has 156 valence electrons. The zero-order valence-electron chi connectivity index (χ0n) is 17.2. The number of hydrogen-bond acceptors (Lipinski definition) is 4. The average Bonchev–Trinajstić information content (AvgIpc) is 3.40. The lowest BCUT2D eigenvalue weighted by Gasteiger charge is -2.34. The Labute approximate surface area is 178 Å². The highest BCUT2D eigenvalue weighted by molar-refractivity contribution is 5.92. The Kier molecular flexibility index (Phi) is 4.62. The molecule has 0 saturated carbocycles. The summed E-state index contributed by atoms with van der Waals surface area (Å²) in [5, 5.41) is 12.7. The summed E-state index contributed by atoms with van der Waals surface area (Å²) in [4.78, 5) is 16.2. The van der Waals surface area contributed by atoms with E-state index in [4.69, 9.17) is 0 Å². The van der Waals surface area contributed by atoms with E-state index in [1.165, 1.54) is 17.8 Å². The van der Waals surface area contributed by atoms with E-state index in [9.17, 15) is 9.18 Å². The first-order chi connectivity index (χ1) is 15.0. The van der Waals surface area contributed by atoms with E-state index < -0.39 is 5.82 Å². The van der Waals surface area contributed by atoms with Crippen LogP contribution in [0.5, 0.6) is 0 Å². The molecular formula is C23H21FN6O. The van der Waals surface area contributed by atoms with Crippen LogP contribution in [0.15, 0.2) is 60.9 Å². The minimum absolute atomic E-state index is 0.0178. The summed E-state index contributed by atoms with van der Waals surface area (Å²) in [5.41, 5.74) is 4.86. The molecule has 1 aliphatic heterocycles. The molecule has 0 spiro atoms. The minimum Gasteiger partial charge on any atom is -0.332 e. The Bertz CT molecular complexity index is 1280. The molecule has 0 radical (unpaired) electrons. The van der Waals surface area contributed by atoms with Gasteiger partial charge in [0.2, 0.25) is 0 Å². The van der Waals surface area contributed by atoms with Gasteiger partial charge in [0.05, 0.1) is 12.4 Å². The topological polar surface area (TPSA) is 68.8 Å². The Morgan fingerprint density at radius 2 is 1.81 bits per heavy atom. The normalized spacial score (nSPS) is 15.7. The molecule has 2 aromatic heterocycles. The van der Waals surface area contributed by atoms with Crippen LogP contribution in [-0.2, 0) is 13.6 Å². The van der Waals surface area contributed by atoms with Crippen LogP contribution >= 0.6 is 0 Å². The highest BCUT2D eigenvalue weighted by Gasteiger charge is 2.32. The van der Waals surface area contributed by atoms with Crippen molar-refractivity contribution in [3.05, 3.63) is 94.8 Å². The van der Waals surface area contributed by atoms with Crippen molar-refractivity contribution in [2.24, 2.45) is 7.05 Å². The summed E-state index contributed by atoms with van der Waals surface area (Å²) in [5.74, 6) is -0.663. The highest BCUT2D eigenvalue weighted by Crippen LogP contribution is 2.35. The lowest BCUT2D eigenvalue weighted by Crippen LogP contribution is -2.39. The molecule has 0 N–H and O–H groups in total. The number of aromatic nitrogens is 5. The number of carbonyl (C=O) groups excluding carboxylic acids is 1. The van der Waals surface area contributed by atoms with Gasteiger partial charge in [0.15, 0.2) is 11.5 Å². The zero-order chi connectivity index (χ0) is 21.5. The van der Waals surface area contributed by atoms with E-state index in [2.05, 4.69) is 21.4 Å². The number of hydrogen-bond donors (Lipinski definition) is 0. The molecule has 7 nitrogen and oxygen atoms in total. The molecule has 1 aliphatic rings. The van der Waals surface area contributed by atoms with Gasteiger partial charge in [-0.2, -0.15) is 10.2 Å². The lowest BCUT2D eigenvalue weighted by atomic mass is 9.85. The van der Waals surface area contributed by atoms with Crippen molar-refractivity contribution in [2.75, 3.05) is 6.54 Å². The van der Waals surface area contributed by atoms with Gasteiger partial charge in [-0.15, -0.1) is 9.90 Å². The SMILES string of the molecule is Cc1c(C2CN(C(=O)c3cnn(-c4ccccc4F)n3)Cc3ccccc32)cnn1C. The number of carbonyl (C=O) groups is 1. The van der Waals surface area contributed by atoms with Gasteiger partial charge in [-0.25, -0.2) is 4.39 Å². The Balaban J connectivity index is 1.48. The van der Waals surface area contributed by atoms with E-state index in [0.717, 1.165) is 21.6 Å². The number of halogens is 1. The summed E-state index contributed by atoms with van der Waals surface area (Å²) in [7, 11) is 1.91. The largest absolute Gasteiger partial charge is 0.332 e. The number of aryl methyl sites for hydroxylation is 1. The van der Waals surface area contributed by atoms with Crippen LogP contribution < -0.4 is 0 Å². The van der Waals surface area contributed by atoms with Crippen molar-refractivity contribution >= 4 is 5.91 Å². The second kappa shape index (κ2) is 7.46. The van der Waals surface area contributed by atoms with Crippen LogP contribution in [0.2, 0.25) is 0 Å². The monoisotopic (exact) mass is 416 g/mol.